The van der Waals surface area contributed by atoms with Gasteiger partial charge in [0, 0.05) is 13.1 Å². The van der Waals surface area contributed by atoms with Gasteiger partial charge in [-0.15, -0.1) is 0 Å². The van der Waals surface area contributed by atoms with Crippen molar-refractivity contribution in [3.63, 3.8) is 0 Å². The van der Waals surface area contributed by atoms with Crippen LogP contribution in [0, 0.1) is 0 Å². The monoisotopic (exact) mass is 337 g/mol. The Morgan fingerprint density at radius 1 is 1.27 bits per heavy atom. The maximum Gasteiger partial charge on any atom is 0.534 e. The smallest absolute Gasteiger partial charge is 0.388 e. The third-order valence-corrected chi connectivity index (χ3v) is 3.95. The molecular formula is C13H14F3NO4S. The van der Waals surface area contributed by atoms with Crippen LogP contribution in [0.1, 0.15) is 5.56 Å². The summed E-state index contributed by atoms with van der Waals surface area (Å²) in [6.07, 6.45) is -0.124. The first-order valence-electron chi connectivity index (χ1n) is 6.33. The second-order valence-corrected chi connectivity index (χ2v) is 6.38. The molecule has 9 heteroatoms. The van der Waals surface area contributed by atoms with Crippen LogP contribution in [0.5, 0.6) is 0 Å². The van der Waals surface area contributed by atoms with E-state index < -0.39 is 27.5 Å². The van der Waals surface area contributed by atoms with Crippen LogP contribution in [0.4, 0.5) is 13.2 Å². The number of hydrogen-bond donors (Lipinski definition) is 1. The molecule has 5 nitrogen and oxygen atoms in total. The molecule has 0 bridgehead atoms. The molecule has 1 unspecified atom stereocenters. The molecule has 22 heavy (non-hydrogen) atoms. The number of alkyl halides is 3. The van der Waals surface area contributed by atoms with E-state index in [4.69, 9.17) is 0 Å². The molecule has 0 fully saturated rings. The van der Waals surface area contributed by atoms with Crippen molar-refractivity contribution in [1.82, 2.24) is 4.90 Å². The summed E-state index contributed by atoms with van der Waals surface area (Å²) in [5.74, 6) is -0.438. The van der Waals surface area contributed by atoms with Crippen LogP contribution in [0.25, 0.3) is 0 Å². The molecule has 1 aromatic rings. The summed E-state index contributed by atoms with van der Waals surface area (Å²) in [5.41, 5.74) is -4.62. The lowest BCUT2D eigenvalue weighted by molar-refractivity contribution is -0.0528. The Bertz CT molecular complexity index is 643. The van der Waals surface area contributed by atoms with E-state index in [1.807, 2.05) is 18.2 Å². The zero-order valence-corrected chi connectivity index (χ0v) is 12.1. The van der Waals surface area contributed by atoms with Crippen LogP contribution in [0.3, 0.4) is 0 Å². The lowest BCUT2D eigenvalue weighted by atomic mass is 10.1. The van der Waals surface area contributed by atoms with Crippen molar-refractivity contribution in [2.75, 3.05) is 13.1 Å². The van der Waals surface area contributed by atoms with Crippen molar-refractivity contribution >= 4 is 10.1 Å². The highest BCUT2D eigenvalue weighted by molar-refractivity contribution is 7.87. The number of halogens is 3. The predicted molar refractivity (Wildman–Crippen MR) is 71.9 cm³/mol. The minimum atomic E-state index is -5.72. The summed E-state index contributed by atoms with van der Waals surface area (Å²) in [4.78, 5) is 1.60. The highest BCUT2D eigenvalue weighted by Crippen LogP contribution is 2.28. The highest BCUT2D eigenvalue weighted by atomic mass is 32.2. The lowest BCUT2D eigenvalue weighted by Gasteiger charge is -2.29. The van der Waals surface area contributed by atoms with Crippen molar-refractivity contribution < 1.29 is 30.9 Å². The first-order valence-corrected chi connectivity index (χ1v) is 7.74. The Kier molecular flexibility index (Phi) is 4.78. The normalized spacial score (nSPS) is 20.5. The number of rotatable bonds is 4. The number of benzene rings is 1. The van der Waals surface area contributed by atoms with Gasteiger partial charge >= 0.3 is 15.6 Å². The second kappa shape index (κ2) is 6.27. The summed E-state index contributed by atoms with van der Waals surface area (Å²) in [7, 11) is -5.72. The van der Waals surface area contributed by atoms with Gasteiger partial charge in [0.1, 0.15) is 5.76 Å². The van der Waals surface area contributed by atoms with E-state index in [-0.39, 0.29) is 13.1 Å². The Labute approximate surface area is 125 Å². The van der Waals surface area contributed by atoms with Gasteiger partial charge in [-0.2, -0.15) is 21.6 Å². The molecule has 122 valence electrons. The molecule has 1 atom stereocenters. The van der Waals surface area contributed by atoms with E-state index >= 15 is 0 Å². The third-order valence-electron chi connectivity index (χ3n) is 2.95. The molecule has 0 spiro atoms. The van der Waals surface area contributed by atoms with Gasteiger partial charge < -0.3 is 9.29 Å². The molecule has 0 saturated carbocycles. The van der Waals surface area contributed by atoms with Gasteiger partial charge in [-0.05, 0) is 11.6 Å². The molecule has 0 amide bonds. The number of aliphatic hydroxyl groups is 1. The minimum Gasteiger partial charge on any atom is -0.388 e. The molecule has 0 radical (unpaired) electrons. The van der Waals surface area contributed by atoms with Crippen molar-refractivity contribution in [3.8, 4) is 0 Å². The van der Waals surface area contributed by atoms with Crippen LogP contribution in [-0.4, -0.2) is 43.1 Å². The van der Waals surface area contributed by atoms with Crippen LogP contribution >= 0.6 is 0 Å². The summed E-state index contributed by atoms with van der Waals surface area (Å²) in [6.45, 7) is 0.389. The average Bonchev–Trinajstić information content (AvgIpc) is 2.37. The summed E-state index contributed by atoms with van der Waals surface area (Å²) >= 11 is 0. The Hall–Kier alpha value is -1.58. The molecule has 2 rings (SSSR count). The quantitative estimate of drug-likeness (QED) is 0.668. The topological polar surface area (TPSA) is 66.8 Å². The summed E-state index contributed by atoms with van der Waals surface area (Å²) < 4.78 is 63.0. The van der Waals surface area contributed by atoms with E-state index in [0.717, 1.165) is 11.6 Å². The van der Waals surface area contributed by atoms with Crippen LogP contribution in [-0.2, 0) is 20.8 Å². The van der Waals surface area contributed by atoms with Gasteiger partial charge in [0.25, 0.3) is 0 Å². The SMILES string of the molecule is O=S(=O)(OC1=CC(O)CN(Cc2ccccc2)C1)C(F)(F)F. The number of β-amino-alcohol motifs (C(OH)–C–C–N with tert-alkyl or cyclic N) is 1. The fourth-order valence-corrected chi connectivity index (χ4v) is 2.56. The van der Waals surface area contributed by atoms with Crippen molar-refractivity contribution in [1.29, 1.82) is 0 Å². The lowest BCUT2D eigenvalue weighted by Crippen LogP contribution is -2.39. The molecule has 0 aliphatic carbocycles. The first-order chi connectivity index (χ1) is 10.2. The fraction of sp³-hybridized carbons (Fsp3) is 0.385. The van der Waals surface area contributed by atoms with Crippen LogP contribution < -0.4 is 0 Å². The number of aliphatic hydroxyl groups excluding tert-OH is 1. The molecular weight excluding hydrogens is 323 g/mol. The van der Waals surface area contributed by atoms with E-state index in [1.54, 1.807) is 17.0 Å². The molecule has 0 saturated heterocycles. The zero-order valence-electron chi connectivity index (χ0n) is 11.3. The highest BCUT2D eigenvalue weighted by Gasteiger charge is 2.49. The van der Waals surface area contributed by atoms with Crippen LogP contribution in [0.2, 0.25) is 0 Å². The number of nitrogens with zero attached hydrogens (tertiary/aromatic N) is 1. The van der Waals surface area contributed by atoms with E-state index in [9.17, 15) is 26.7 Å². The molecule has 1 aromatic carbocycles. The largest absolute Gasteiger partial charge is 0.534 e. The van der Waals surface area contributed by atoms with Crippen molar-refractivity contribution in [2.24, 2.45) is 0 Å². The zero-order chi connectivity index (χ0) is 16.4. The summed E-state index contributed by atoms with van der Waals surface area (Å²) in [6, 6.07) is 9.06. The van der Waals surface area contributed by atoms with Crippen molar-refractivity contribution in [2.45, 2.75) is 18.2 Å². The number of hydrogen-bond acceptors (Lipinski definition) is 5. The van der Waals surface area contributed by atoms with E-state index in [0.29, 0.717) is 6.54 Å². The predicted octanol–water partition coefficient (Wildman–Crippen LogP) is 1.61. The van der Waals surface area contributed by atoms with Crippen LogP contribution in [0.15, 0.2) is 42.2 Å². The Balaban J connectivity index is 2.08. The second-order valence-electron chi connectivity index (χ2n) is 4.84. The van der Waals surface area contributed by atoms with Gasteiger partial charge in [0.15, 0.2) is 0 Å². The van der Waals surface area contributed by atoms with Gasteiger partial charge in [-0.3, -0.25) is 4.90 Å². The molecule has 0 aromatic heterocycles. The van der Waals surface area contributed by atoms with Gasteiger partial charge in [0.2, 0.25) is 0 Å². The average molecular weight is 337 g/mol. The Morgan fingerprint density at radius 3 is 2.50 bits per heavy atom. The minimum absolute atomic E-state index is 0.138. The van der Waals surface area contributed by atoms with Gasteiger partial charge in [-0.25, -0.2) is 0 Å². The van der Waals surface area contributed by atoms with Gasteiger partial charge in [0.05, 0.1) is 12.6 Å². The van der Waals surface area contributed by atoms with Gasteiger partial charge in [-0.1, -0.05) is 30.3 Å². The standard InChI is InChI=1S/C13H14F3NO4S/c14-13(15,16)22(19,20)21-12-6-11(18)8-17(9-12)7-10-4-2-1-3-5-10/h1-6,11,18H,7-9H2. The first kappa shape index (κ1) is 16.8. The van der Waals surface area contributed by atoms with E-state index in [1.165, 1.54) is 0 Å². The third kappa shape index (κ3) is 4.21. The molecule has 1 N–H and O–H groups in total. The Morgan fingerprint density at radius 2 is 1.91 bits per heavy atom. The molecule has 1 heterocycles. The maximum absolute atomic E-state index is 12.3. The summed E-state index contributed by atoms with van der Waals surface area (Å²) in [5, 5.41) is 9.65. The maximum atomic E-state index is 12.3. The fourth-order valence-electron chi connectivity index (χ4n) is 2.07. The van der Waals surface area contributed by atoms with E-state index in [2.05, 4.69) is 4.18 Å². The molecule has 1 aliphatic rings. The molecule has 1 aliphatic heterocycles. The van der Waals surface area contributed by atoms with Crippen molar-refractivity contribution in [3.05, 3.63) is 47.7 Å².